The van der Waals surface area contributed by atoms with Gasteiger partial charge in [-0.1, -0.05) is 111 Å². The summed E-state index contributed by atoms with van der Waals surface area (Å²) in [5, 5.41) is 2.95. The number of nitrogens with zero attached hydrogens (tertiary/aromatic N) is 1. The molecule has 3 aliphatic rings. The van der Waals surface area contributed by atoms with Gasteiger partial charge in [-0.15, -0.1) is 0 Å². The summed E-state index contributed by atoms with van der Waals surface area (Å²) in [5.41, 5.74) is 3.00. The number of aliphatic imine (C=N–C) groups is 1. The van der Waals surface area contributed by atoms with Crippen molar-refractivity contribution in [3.05, 3.63) is 94.5 Å². The molecule has 3 atom stereocenters. The molecule has 1 aliphatic heterocycles. The van der Waals surface area contributed by atoms with E-state index in [1.54, 1.807) is 0 Å². The average Bonchev–Trinajstić information content (AvgIpc) is 3.70. The van der Waals surface area contributed by atoms with Crippen molar-refractivity contribution in [2.24, 2.45) is 10.9 Å². The van der Waals surface area contributed by atoms with E-state index >= 15 is 0 Å². The van der Waals surface area contributed by atoms with Crippen LogP contribution >= 0.6 is 23.9 Å². The van der Waals surface area contributed by atoms with Crippen molar-refractivity contribution in [1.82, 2.24) is 0 Å². The van der Waals surface area contributed by atoms with Crippen LogP contribution in [0.15, 0.2) is 88.3 Å². The van der Waals surface area contributed by atoms with Crippen molar-refractivity contribution in [2.45, 2.75) is 76.6 Å². The Kier molecular flexibility index (Phi) is 10.9. The largest absolute Gasteiger partial charge is 0.473 e. The van der Waals surface area contributed by atoms with Gasteiger partial charge in [0.15, 0.2) is 0 Å². The quantitative estimate of drug-likeness (QED) is 0.208. The summed E-state index contributed by atoms with van der Waals surface area (Å²) in [5.74, 6) is 1.37. The minimum absolute atomic E-state index is 0. The van der Waals surface area contributed by atoms with Crippen molar-refractivity contribution in [3.63, 3.8) is 0 Å². The standard InChI is InChI=1S/C27H27BrNOP.C5H10.Fe/c1-19(29-27-26-20(18-30-27)10-8-16-24(26)28)23-15-9-17-25(23)31(21-11-4-2-5-12-21)22-13-6-3-7-14-22;1-2-4-5-3-1;/h2-8,10-14,16,19,23,25H,9,15,17-18H2,1H3;1-5H2;/t19-,23?,25?;;/m1../s1. The van der Waals surface area contributed by atoms with E-state index in [2.05, 4.69) is 102 Å². The third kappa shape index (κ3) is 6.96. The minimum atomic E-state index is -0.420. The second-order valence-electron chi connectivity index (χ2n) is 10.2. The molecule has 0 amide bonds. The molecule has 2 unspecified atom stereocenters. The molecule has 1 heterocycles. The molecule has 2 aliphatic carbocycles. The van der Waals surface area contributed by atoms with Gasteiger partial charge < -0.3 is 4.74 Å². The van der Waals surface area contributed by atoms with Gasteiger partial charge in [-0.3, -0.25) is 0 Å². The number of halogens is 1. The Morgan fingerprint density at radius 2 is 1.38 bits per heavy atom. The summed E-state index contributed by atoms with van der Waals surface area (Å²) in [6, 6.07) is 28.8. The minimum Gasteiger partial charge on any atom is -0.473 e. The van der Waals surface area contributed by atoms with Crippen LogP contribution < -0.4 is 10.6 Å². The molecule has 196 valence electrons. The summed E-state index contributed by atoms with van der Waals surface area (Å²) in [6.45, 7) is 2.91. The number of rotatable bonds is 5. The monoisotopic (exact) mass is 617 g/mol. The van der Waals surface area contributed by atoms with Crippen LogP contribution in [0, 0.1) is 5.92 Å². The third-order valence-electron chi connectivity index (χ3n) is 7.80. The molecule has 3 aromatic rings. The fourth-order valence-electron chi connectivity index (χ4n) is 5.97. The molecule has 2 fully saturated rings. The zero-order valence-corrected chi connectivity index (χ0v) is 25.2. The summed E-state index contributed by atoms with van der Waals surface area (Å²) >= 11 is 3.70. The zero-order valence-electron chi connectivity index (χ0n) is 21.6. The number of ether oxygens (including phenoxy) is 1. The zero-order chi connectivity index (χ0) is 24.7. The Bertz CT molecular complexity index is 1100. The molecule has 0 saturated heterocycles. The maximum absolute atomic E-state index is 6.02. The van der Waals surface area contributed by atoms with E-state index in [1.165, 1.54) is 67.5 Å². The van der Waals surface area contributed by atoms with Gasteiger partial charge in [0, 0.05) is 27.1 Å². The maximum atomic E-state index is 6.02. The molecule has 6 rings (SSSR count). The first-order chi connectivity index (χ1) is 17.7. The maximum Gasteiger partial charge on any atom is 0.218 e. The van der Waals surface area contributed by atoms with Gasteiger partial charge in [-0.25, -0.2) is 4.99 Å². The molecule has 0 radical (unpaired) electrons. The molecule has 37 heavy (non-hydrogen) atoms. The first kappa shape index (κ1) is 28.6. The van der Waals surface area contributed by atoms with Crippen LogP contribution in [0.4, 0.5) is 0 Å². The number of benzene rings is 3. The first-order valence-corrected chi connectivity index (χ1v) is 15.8. The molecule has 5 heteroatoms. The third-order valence-corrected chi connectivity index (χ3v) is 11.5. The topological polar surface area (TPSA) is 21.6 Å². The molecule has 3 aromatic carbocycles. The molecular weight excluding hydrogens is 581 g/mol. The van der Waals surface area contributed by atoms with Crippen LogP contribution in [0.25, 0.3) is 0 Å². The summed E-state index contributed by atoms with van der Waals surface area (Å²) in [4.78, 5) is 5.15. The SMILES string of the molecule is C1CCCC1.C[C@@H](N=C1OCc2cccc(Br)c21)C1CCCC1P(c1ccccc1)c1ccccc1.[Fe]. The van der Waals surface area contributed by atoms with Gasteiger partial charge in [0.1, 0.15) is 6.61 Å². The first-order valence-electron chi connectivity index (χ1n) is 13.6. The van der Waals surface area contributed by atoms with Gasteiger partial charge in [0.2, 0.25) is 5.90 Å². The van der Waals surface area contributed by atoms with E-state index < -0.39 is 7.92 Å². The number of hydrogen-bond donors (Lipinski definition) is 0. The van der Waals surface area contributed by atoms with E-state index in [9.17, 15) is 0 Å². The Balaban J connectivity index is 0.000000479. The van der Waals surface area contributed by atoms with Crippen molar-refractivity contribution in [1.29, 1.82) is 0 Å². The van der Waals surface area contributed by atoms with Crippen LogP contribution in [0.2, 0.25) is 0 Å². The normalized spacial score (nSPS) is 22.1. The molecule has 2 saturated carbocycles. The Hall–Kier alpha value is -1.44. The van der Waals surface area contributed by atoms with Gasteiger partial charge in [0.05, 0.1) is 11.6 Å². The summed E-state index contributed by atoms with van der Waals surface area (Å²) < 4.78 is 7.10. The van der Waals surface area contributed by atoms with E-state index in [-0.39, 0.29) is 23.1 Å². The van der Waals surface area contributed by atoms with Crippen LogP contribution in [0.3, 0.4) is 0 Å². The molecular formula is C32H37BrFeNOP. The van der Waals surface area contributed by atoms with Crippen LogP contribution in [-0.2, 0) is 28.4 Å². The van der Waals surface area contributed by atoms with Gasteiger partial charge in [-0.05, 0) is 71.9 Å². The Labute approximate surface area is 243 Å². The average molecular weight is 618 g/mol. The predicted molar refractivity (Wildman–Crippen MR) is 158 cm³/mol. The van der Waals surface area contributed by atoms with E-state index in [1.807, 2.05) is 0 Å². The van der Waals surface area contributed by atoms with Gasteiger partial charge >= 0.3 is 0 Å². The molecule has 2 nitrogen and oxygen atoms in total. The summed E-state index contributed by atoms with van der Waals surface area (Å²) in [7, 11) is -0.420. The Morgan fingerprint density at radius 1 is 0.784 bits per heavy atom. The fraction of sp³-hybridized carbons (Fsp3) is 0.406. The van der Waals surface area contributed by atoms with E-state index in [0.717, 1.165) is 15.9 Å². The second kappa shape index (κ2) is 14.1. The molecule has 0 spiro atoms. The fourth-order valence-corrected chi connectivity index (χ4v) is 9.82. The predicted octanol–water partition coefficient (Wildman–Crippen LogP) is 8.36. The van der Waals surface area contributed by atoms with E-state index in [4.69, 9.17) is 9.73 Å². The van der Waals surface area contributed by atoms with Crippen LogP contribution in [0.1, 0.15) is 69.4 Å². The number of fused-ring (bicyclic) bond motifs is 1. The van der Waals surface area contributed by atoms with E-state index in [0.29, 0.717) is 18.2 Å². The molecule has 0 N–H and O–H groups in total. The number of hydrogen-bond acceptors (Lipinski definition) is 2. The van der Waals surface area contributed by atoms with Gasteiger partial charge in [-0.2, -0.15) is 0 Å². The molecule has 0 bridgehead atoms. The second-order valence-corrected chi connectivity index (χ2v) is 13.5. The van der Waals surface area contributed by atoms with Crippen molar-refractivity contribution in [2.75, 3.05) is 0 Å². The van der Waals surface area contributed by atoms with Gasteiger partial charge in [0.25, 0.3) is 0 Å². The van der Waals surface area contributed by atoms with Crippen LogP contribution in [-0.4, -0.2) is 17.6 Å². The molecule has 0 aromatic heterocycles. The summed E-state index contributed by atoms with van der Waals surface area (Å²) in [6.07, 6.45) is 11.3. The van der Waals surface area contributed by atoms with Crippen molar-refractivity contribution in [3.8, 4) is 0 Å². The van der Waals surface area contributed by atoms with Crippen LogP contribution in [0.5, 0.6) is 0 Å². The smallest absolute Gasteiger partial charge is 0.218 e. The Morgan fingerprint density at radius 3 is 1.97 bits per heavy atom. The van der Waals surface area contributed by atoms with Crippen molar-refractivity contribution >= 4 is 40.4 Å². The van der Waals surface area contributed by atoms with Crippen molar-refractivity contribution < 1.29 is 21.8 Å².